The van der Waals surface area contributed by atoms with Crippen LogP contribution in [0.3, 0.4) is 0 Å². The Kier molecular flexibility index (Phi) is 7.39. The molecule has 2 aromatic rings. The van der Waals surface area contributed by atoms with Crippen LogP contribution in [0.1, 0.15) is 28.7 Å². The Hall–Kier alpha value is -3.28. The molecule has 2 rings (SSSR count). The normalized spacial score (nSPS) is 11.7. The molecule has 0 aliphatic rings. The topological polar surface area (TPSA) is 122 Å². The number of carbonyl (C=O) groups excluding carboxylic acids is 1. The summed E-state index contributed by atoms with van der Waals surface area (Å²) in [6, 6.07) is 5.85. The fourth-order valence-electron chi connectivity index (χ4n) is 2.96. The smallest absolute Gasteiger partial charge is 0.416 e. The Bertz CT molecular complexity index is 1120. The molecule has 0 aliphatic heterocycles. The minimum Gasteiger partial charge on any atom is -0.488 e. The first-order chi connectivity index (χ1) is 14.6. The SMILES string of the molecule is Cc1cc(NC(=O)CC(=O)O)cc(C)c1OCc1cc(NS(C)(=O)=O)cc(C(F)(F)F)c1. The van der Waals surface area contributed by atoms with E-state index in [0.717, 1.165) is 12.3 Å². The molecule has 174 valence electrons. The van der Waals surface area contributed by atoms with Crippen molar-refractivity contribution in [3.05, 3.63) is 52.6 Å². The van der Waals surface area contributed by atoms with Gasteiger partial charge in [-0.05, 0) is 60.9 Å². The van der Waals surface area contributed by atoms with Gasteiger partial charge >= 0.3 is 12.1 Å². The summed E-state index contributed by atoms with van der Waals surface area (Å²) >= 11 is 0. The predicted molar refractivity (Wildman–Crippen MR) is 111 cm³/mol. The van der Waals surface area contributed by atoms with E-state index in [-0.39, 0.29) is 17.9 Å². The first-order valence-corrected chi connectivity index (χ1v) is 11.0. The summed E-state index contributed by atoms with van der Waals surface area (Å²) < 4.78 is 70.2. The fourth-order valence-corrected chi connectivity index (χ4v) is 3.51. The molecule has 0 atom stereocenters. The van der Waals surface area contributed by atoms with Crippen molar-refractivity contribution in [2.24, 2.45) is 0 Å². The molecule has 3 N–H and O–H groups in total. The lowest BCUT2D eigenvalue weighted by Crippen LogP contribution is -2.16. The van der Waals surface area contributed by atoms with Crippen LogP contribution in [0, 0.1) is 13.8 Å². The number of aryl methyl sites for hydroxylation is 2. The number of carboxylic acid groups (broad SMARTS) is 1. The third kappa shape index (κ3) is 7.45. The molecule has 0 radical (unpaired) electrons. The van der Waals surface area contributed by atoms with Crippen LogP contribution >= 0.6 is 0 Å². The van der Waals surface area contributed by atoms with E-state index >= 15 is 0 Å². The Morgan fingerprint density at radius 2 is 1.62 bits per heavy atom. The summed E-state index contributed by atoms with van der Waals surface area (Å²) in [7, 11) is -3.79. The maximum Gasteiger partial charge on any atom is 0.416 e. The summed E-state index contributed by atoms with van der Waals surface area (Å²) in [5, 5.41) is 11.1. The van der Waals surface area contributed by atoms with E-state index in [1.807, 2.05) is 4.72 Å². The molecule has 0 aromatic heterocycles. The van der Waals surface area contributed by atoms with Crippen molar-refractivity contribution in [1.29, 1.82) is 0 Å². The second-order valence-electron chi connectivity index (χ2n) is 7.14. The first-order valence-electron chi connectivity index (χ1n) is 9.08. The number of benzene rings is 2. The number of halogens is 3. The molecule has 0 unspecified atom stereocenters. The lowest BCUT2D eigenvalue weighted by molar-refractivity contribution is -0.140. The second-order valence-corrected chi connectivity index (χ2v) is 8.89. The number of carbonyl (C=O) groups is 2. The van der Waals surface area contributed by atoms with Crippen LogP contribution in [-0.4, -0.2) is 31.7 Å². The Morgan fingerprint density at radius 3 is 2.12 bits per heavy atom. The summed E-state index contributed by atoms with van der Waals surface area (Å²) in [4.78, 5) is 22.2. The number of sulfonamides is 1. The number of ether oxygens (including phenoxy) is 1. The molecule has 0 aliphatic carbocycles. The van der Waals surface area contributed by atoms with Gasteiger partial charge in [-0.25, -0.2) is 8.42 Å². The highest BCUT2D eigenvalue weighted by atomic mass is 32.2. The molecule has 0 saturated carbocycles. The average molecular weight is 474 g/mol. The van der Waals surface area contributed by atoms with Crippen LogP contribution in [0.5, 0.6) is 5.75 Å². The predicted octanol–water partition coefficient (Wildman–Crippen LogP) is 3.69. The molecule has 0 heterocycles. The Labute approximate surface area is 182 Å². The molecular formula is C20H21F3N2O6S. The van der Waals surface area contributed by atoms with Gasteiger partial charge in [0.1, 0.15) is 18.8 Å². The van der Waals surface area contributed by atoms with Crippen molar-refractivity contribution >= 4 is 33.3 Å². The second kappa shape index (κ2) is 9.47. The molecule has 12 heteroatoms. The summed E-state index contributed by atoms with van der Waals surface area (Å²) in [6.45, 7) is 3.02. The third-order valence-electron chi connectivity index (χ3n) is 4.06. The van der Waals surface area contributed by atoms with E-state index in [1.54, 1.807) is 13.8 Å². The van der Waals surface area contributed by atoms with E-state index in [2.05, 4.69) is 5.32 Å². The van der Waals surface area contributed by atoms with Gasteiger partial charge in [-0.1, -0.05) is 0 Å². The molecular weight excluding hydrogens is 453 g/mol. The van der Waals surface area contributed by atoms with Crippen molar-refractivity contribution in [1.82, 2.24) is 0 Å². The number of rotatable bonds is 8. The summed E-state index contributed by atoms with van der Waals surface area (Å²) in [6.07, 6.45) is -4.56. The molecule has 0 bridgehead atoms. The largest absolute Gasteiger partial charge is 0.488 e. The van der Waals surface area contributed by atoms with Gasteiger partial charge in [0.15, 0.2) is 0 Å². The average Bonchev–Trinajstić information content (AvgIpc) is 2.57. The molecule has 0 fully saturated rings. The van der Waals surface area contributed by atoms with Gasteiger partial charge in [-0.2, -0.15) is 13.2 Å². The highest BCUT2D eigenvalue weighted by molar-refractivity contribution is 7.92. The maximum absolute atomic E-state index is 13.2. The first kappa shape index (κ1) is 25.0. The van der Waals surface area contributed by atoms with Crippen LogP contribution in [0.15, 0.2) is 30.3 Å². The van der Waals surface area contributed by atoms with Gasteiger partial charge in [0.2, 0.25) is 15.9 Å². The van der Waals surface area contributed by atoms with Gasteiger partial charge < -0.3 is 15.2 Å². The van der Waals surface area contributed by atoms with Crippen molar-refractivity contribution in [2.75, 3.05) is 16.3 Å². The van der Waals surface area contributed by atoms with E-state index < -0.39 is 40.1 Å². The third-order valence-corrected chi connectivity index (χ3v) is 4.67. The number of amides is 1. The van der Waals surface area contributed by atoms with Crippen LogP contribution in [-0.2, 0) is 32.4 Å². The van der Waals surface area contributed by atoms with E-state index in [4.69, 9.17) is 9.84 Å². The monoisotopic (exact) mass is 474 g/mol. The maximum atomic E-state index is 13.2. The zero-order chi connectivity index (χ0) is 24.3. The molecule has 0 spiro atoms. The number of hydrogen-bond donors (Lipinski definition) is 3. The Balaban J connectivity index is 2.26. The highest BCUT2D eigenvalue weighted by Crippen LogP contribution is 2.33. The number of nitrogens with one attached hydrogen (secondary N) is 2. The number of carboxylic acids is 1. The number of anilines is 2. The van der Waals surface area contributed by atoms with Crippen LogP contribution in [0.4, 0.5) is 24.5 Å². The van der Waals surface area contributed by atoms with Gasteiger partial charge in [0, 0.05) is 11.4 Å². The standard InChI is InChI=1S/C20H21F3N2O6S/c1-11-4-15(24-17(26)9-18(27)28)5-12(2)19(11)31-10-13-6-14(20(21,22)23)8-16(7-13)25-32(3,29)30/h4-8,25H,9-10H2,1-3H3,(H,24,26)(H,27,28). The van der Waals surface area contributed by atoms with Crippen molar-refractivity contribution in [3.8, 4) is 5.75 Å². The van der Waals surface area contributed by atoms with Crippen LogP contribution in [0.25, 0.3) is 0 Å². The van der Waals surface area contributed by atoms with Crippen molar-refractivity contribution < 1.29 is 41.0 Å². The van der Waals surface area contributed by atoms with E-state index in [0.29, 0.717) is 28.6 Å². The zero-order valence-electron chi connectivity index (χ0n) is 17.3. The van der Waals surface area contributed by atoms with Crippen molar-refractivity contribution in [2.45, 2.75) is 33.1 Å². The van der Waals surface area contributed by atoms with Crippen molar-refractivity contribution in [3.63, 3.8) is 0 Å². The molecule has 8 nitrogen and oxygen atoms in total. The minimum atomic E-state index is -4.69. The van der Waals surface area contributed by atoms with Gasteiger partial charge in [0.05, 0.1) is 11.8 Å². The lowest BCUT2D eigenvalue weighted by atomic mass is 10.1. The minimum absolute atomic E-state index is 0.0867. The zero-order valence-corrected chi connectivity index (χ0v) is 18.1. The van der Waals surface area contributed by atoms with E-state index in [1.165, 1.54) is 18.2 Å². The number of hydrogen-bond acceptors (Lipinski definition) is 5. The molecule has 2 aromatic carbocycles. The molecule has 0 saturated heterocycles. The quantitative estimate of drug-likeness (QED) is 0.502. The summed E-state index contributed by atoms with van der Waals surface area (Å²) in [5.74, 6) is -1.63. The highest BCUT2D eigenvalue weighted by Gasteiger charge is 2.31. The van der Waals surface area contributed by atoms with Crippen LogP contribution in [0.2, 0.25) is 0 Å². The number of alkyl halides is 3. The fraction of sp³-hybridized carbons (Fsp3) is 0.300. The van der Waals surface area contributed by atoms with Gasteiger partial charge in [0.25, 0.3) is 0 Å². The lowest BCUT2D eigenvalue weighted by Gasteiger charge is -2.16. The number of aliphatic carboxylic acids is 1. The van der Waals surface area contributed by atoms with E-state index in [9.17, 15) is 31.2 Å². The Morgan fingerprint density at radius 1 is 1.03 bits per heavy atom. The molecule has 1 amide bonds. The van der Waals surface area contributed by atoms with Gasteiger partial charge in [-0.15, -0.1) is 0 Å². The molecule has 32 heavy (non-hydrogen) atoms. The van der Waals surface area contributed by atoms with Gasteiger partial charge in [-0.3, -0.25) is 14.3 Å². The summed E-state index contributed by atoms with van der Waals surface area (Å²) in [5.41, 5.74) is 0.260. The van der Waals surface area contributed by atoms with Crippen LogP contribution < -0.4 is 14.8 Å².